The predicted molar refractivity (Wildman–Crippen MR) is 137 cm³/mol. The van der Waals surface area contributed by atoms with Crippen LogP contribution in [0.5, 0.6) is 17.2 Å². The Morgan fingerprint density at radius 2 is 1.81 bits per heavy atom. The monoisotopic (exact) mass is 554 g/mol. The van der Waals surface area contributed by atoms with Gasteiger partial charge in [0.05, 0.1) is 21.3 Å². The molecule has 8 nitrogen and oxygen atoms in total. The third kappa shape index (κ3) is 5.96. The maximum Gasteiger partial charge on any atom is 0.225 e. The van der Waals surface area contributed by atoms with Crippen LogP contribution in [0.2, 0.25) is 0 Å². The van der Waals surface area contributed by atoms with Crippen LogP contribution in [-0.2, 0) is 11.2 Å². The molecular weight excluding hydrogens is 523 g/mol. The number of guanidine groups is 1. The molecule has 1 aliphatic heterocycles. The summed E-state index contributed by atoms with van der Waals surface area (Å²) in [4.78, 5) is 16.3. The van der Waals surface area contributed by atoms with E-state index in [1.807, 2.05) is 30.3 Å². The number of nitrogens with zero attached hydrogens (tertiary/aromatic N) is 1. The zero-order valence-corrected chi connectivity index (χ0v) is 21.2. The third-order valence-corrected chi connectivity index (χ3v) is 5.32. The average Bonchev–Trinajstić information content (AvgIpc) is 2.80. The van der Waals surface area contributed by atoms with Gasteiger partial charge in [-0.2, -0.15) is 0 Å². The molecule has 0 bridgehead atoms. The average molecular weight is 554 g/mol. The van der Waals surface area contributed by atoms with Crippen molar-refractivity contribution in [3.63, 3.8) is 0 Å². The van der Waals surface area contributed by atoms with E-state index in [0.29, 0.717) is 49.1 Å². The largest absolute Gasteiger partial charge is 0.493 e. The third-order valence-electron chi connectivity index (χ3n) is 5.32. The van der Waals surface area contributed by atoms with E-state index in [1.54, 1.807) is 28.4 Å². The van der Waals surface area contributed by atoms with E-state index < -0.39 is 0 Å². The quantitative estimate of drug-likeness (QED) is 0.264. The number of carbonyl (C=O) groups is 1. The summed E-state index contributed by atoms with van der Waals surface area (Å²) in [6, 6.07) is 11.7. The molecule has 0 radical (unpaired) electrons. The lowest BCUT2D eigenvalue weighted by Crippen LogP contribution is -2.41. The minimum absolute atomic E-state index is 0. The van der Waals surface area contributed by atoms with Gasteiger partial charge in [0.1, 0.15) is 0 Å². The molecule has 9 heteroatoms. The van der Waals surface area contributed by atoms with Crippen molar-refractivity contribution >= 4 is 41.5 Å². The summed E-state index contributed by atoms with van der Waals surface area (Å²) in [5.74, 6) is 2.69. The first-order valence-corrected chi connectivity index (χ1v) is 10.2. The number of fused-ring (bicyclic) bond motifs is 1. The molecule has 32 heavy (non-hydrogen) atoms. The van der Waals surface area contributed by atoms with Crippen molar-refractivity contribution in [2.45, 2.75) is 18.8 Å². The van der Waals surface area contributed by atoms with Crippen LogP contribution in [0.3, 0.4) is 0 Å². The van der Waals surface area contributed by atoms with Crippen molar-refractivity contribution in [1.82, 2.24) is 10.6 Å². The van der Waals surface area contributed by atoms with Crippen molar-refractivity contribution in [3.05, 3.63) is 47.5 Å². The Labute approximate surface area is 206 Å². The van der Waals surface area contributed by atoms with Gasteiger partial charge in [-0.25, -0.2) is 0 Å². The number of aliphatic imine (C=N–C) groups is 1. The second kappa shape index (κ2) is 12.4. The summed E-state index contributed by atoms with van der Waals surface area (Å²) in [5.41, 5.74) is 3.02. The molecule has 174 valence electrons. The minimum atomic E-state index is 0. The topological polar surface area (TPSA) is 93.2 Å². The molecular formula is C23H31IN4O4. The Balaban J connectivity index is 0.00000363. The molecule has 0 saturated carbocycles. The molecule has 2 aromatic rings. The highest BCUT2D eigenvalue weighted by Gasteiger charge is 2.24. The predicted octanol–water partition coefficient (Wildman–Crippen LogP) is 3.16. The van der Waals surface area contributed by atoms with E-state index in [0.717, 1.165) is 16.8 Å². The summed E-state index contributed by atoms with van der Waals surface area (Å²) >= 11 is 0. The standard InChI is InChI=1S/C23H30N4O4.HI/c1-24-23(26-14-16-13-20(28)27-18-8-6-5-7-17(16)18)25-12-11-15-9-10-19(29-2)22(31-4)21(15)30-3;/h5-10,16H,11-14H2,1-4H3,(H,27,28)(H2,24,25,26);1H. The number of nitrogens with one attached hydrogen (secondary N) is 3. The number of hydrogen-bond acceptors (Lipinski definition) is 5. The SMILES string of the molecule is CN=C(NCCc1ccc(OC)c(OC)c1OC)NCC1CC(=O)Nc2ccccc21.I. The normalized spacial score (nSPS) is 15.1. The molecule has 1 amide bonds. The van der Waals surface area contributed by atoms with Crippen molar-refractivity contribution < 1.29 is 19.0 Å². The lowest BCUT2D eigenvalue weighted by Gasteiger charge is -2.26. The number of benzene rings is 2. The molecule has 1 unspecified atom stereocenters. The molecule has 0 aliphatic carbocycles. The van der Waals surface area contributed by atoms with Crippen LogP contribution in [-0.4, -0.2) is 53.3 Å². The molecule has 0 aromatic heterocycles. The van der Waals surface area contributed by atoms with Gasteiger partial charge in [-0.1, -0.05) is 24.3 Å². The Hall–Kier alpha value is -2.69. The van der Waals surface area contributed by atoms with Crippen LogP contribution in [0.25, 0.3) is 0 Å². The zero-order valence-electron chi connectivity index (χ0n) is 18.9. The lowest BCUT2D eigenvalue weighted by atomic mass is 9.90. The minimum Gasteiger partial charge on any atom is -0.493 e. The van der Waals surface area contributed by atoms with E-state index >= 15 is 0 Å². The molecule has 0 spiro atoms. The fraction of sp³-hybridized carbons (Fsp3) is 0.391. The smallest absolute Gasteiger partial charge is 0.225 e. The summed E-state index contributed by atoms with van der Waals surface area (Å²) in [6.07, 6.45) is 1.16. The van der Waals surface area contributed by atoms with Crippen molar-refractivity contribution in [3.8, 4) is 17.2 Å². The zero-order chi connectivity index (χ0) is 22.2. The Morgan fingerprint density at radius 1 is 1.06 bits per heavy atom. The van der Waals surface area contributed by atoms with Crippen LogP contribution in [0.15, 0.2) is 41.4 Å². The Morgan fingerprint density at radius 3 is 2.50 bits per heavy atom. The first kappa shape index (κ1) is 25.6. The fourth-order valence-corrected chi connectivity index (χ4v) is 3.80. The van der Waals surface area contributed by atoms with E-state index in [2.05, 4.69) is 27.0 Å². The van der Waals surface area contributed by atoms with Gasteiger partial charge in [0, 0.05) is 43.7 Å². The first-order chi connectivity index (χ1) is 15.1. The number of para-hydroxylation sites is 1. The van der Waals surface area contributed by atoms with Gasteiger partial charge >= 0.3 is 0 Å². The molecule has 3 rings (SSSR count). The molecule has 0 saturated heterocycles. The van der Waals surface area contributed by atoms with E-state index in [9.17, 15) is 4.79 Å². The van der Waals surface area contributed by atoms with Crippen LogP contribution < -0.4 is 30.2 Å². The fourth-order valence-electron chi connectivity index (χ4n) is 3.80. The van der Waals surface area contributed by atoms with Gasteiger partial charge < -0.3 is 30.2 Å². The number of ether oxygens (including phenoxy) is 3. The summed E-state index contributed by atoms with van der Waals surface area (Å²) < 4.78 is 16.3. The van der Waals surface area contributed by atoms with E-state index in [-0.39, 0.29) is 35.8 Å². The van der Waals surface area contributed by atoms with Gasteiger partial charge in [-0.3, -0.25) is 9.79 Å². The highest BCUT2D eigenvalue weighted by molar-refractivity contribution is 14.0. The Bertz CT molecular complexity index is 952. The van der Waals surface area contributed by atoms with Crippen LogP contribution in [0.4, 0.5) is 5.69 Å². The van der Waals surface area contributed by atoms with Crippen LogP contribution in [0.1, 0.15) is 23.5 Å². The van der Waals surface area contributed by atoms with E-state index in [4.69, 9.17) is 14.2 Å². The molecule has 3 N–H and O–H groups in total. The van der Waals surface area contributed by atoms with Gasteiger partial charge in [-0.15, -0.1) is 24.0 Å². The number of anilines is 1. The maximum absolute atomic E-state index is 12.0. The second-order valence-corrected chi connectivity index (χ2v) is 7.16. The molecule has 0 fully saturated rings. The number of hydrogen-bond donors (Lipinski definition) is 3. The van der Waals surface area contributed by atoms with Gasteiger partial charge in [0.15, 0.2) is 17.5 Å². The van der Waals surface area contributed by atoms with Gasteiger partial charge in [-0.05, 0) is 24.1 Å². The lowest BCUT2D eigenvalue weighted by molar-refractivity contribution is -0.116. The van der Waals surface area contributed by atoms with Gasteiger partial charge in [0.25, 0.3) is 0 Å². The number of carbonyl (C=O) groups excluding carboxylic acids is 1. The van der Waals surface area contributed by atoms with E-state index in [1.165, 1.54) is 0 Å². The van der Waals surface area contributed by atoms with Crippen LogP contribution >= 0.6 is 24.0 Å². The number of methoxy groups -OCH3 is 3. The number of rotatable bonds is 8. The van der Waals surface area contributed by atoms with Crippen molar-refractivity contribution in [2.75, 3.05) is 46.8 Å². The first-order valence-electron chi connectivity index (χ1n) is 10.2. The molecule has 1 heterocycles. The molecule has 1 atom stereocenters. The highest BCUT2D eigenvalue weighted by Crippen LogP contribution is 2.39. The van der Waals surface area contributed by atoms with Gasteiger partial charge in [0.2, 0.25) is 11.7 Å². The number of amides is 1. The molecule has 2 aromatic carbocycles. The van der Waals surface area contributed by atoms with Crippen LogP contribution in [0, 0.1) is 0 Å². The second-order valence-electron chi connectivity index (χ2n) is 7.16. The highest BCUT2D eigenvalue weighted by atomic mass is 127. The summed E-state index contributed by atoms with van der Waals surface area (Å²) in [7, 11) is 6.54. The Kier molecular flexibility index (Phi) is 9.89. The maximum atomic E-state index is 12.0. The van der Waals surface area contributed by atoms with Crippen molar-refractivity contribution in [2.24, 2.45) is 4.99 Å². The summed E-state index contributed by atoms with van der Waals surface area (Å²) in [6.45, 7) is 1.26. The number of halogens is 1. The van der Waals surface area contributed by atoms with Crippen molar-refractivity contribution in [1.29, 1.82) is 0 Å². The summed E-state index contributed by atoms with van der Waals surface area (Å²) in [5, 5.41) is 9.59. The molecule has 1 aliphatic rings.